The molecule has 0 spiro atoms. The van der Waals surface area contributed by atoms with Crippen molar-refractivity contribution in [2.24, 2.45) is 5.92 Å². The molecule has 1 unspecified atom stereocenters. The van der Waals surface area contributed by atoms with Crippen LogP contribution in [0.15, 0.2) is 34.1 Å². The highest BCUT2D eigenvalue weighted by atomic mass is 79.9. The molecule has 1 amide bonds. The zero-order valence-corrected chi connectivity index (χ0v) is 12.9. The quantitative estimate of drug-likeness (QED) is 0.797. The van der Waals surface area contributed by atoms with Crippen molar-refractivity contribution in [3.8, 4) is 0 Å². The topological polar surface area (TPSA) is 38.3 Å². The molecule has 0 aliphatic heterocycles. The molecule has 3 nitrogen and oxygen atoms in total. The Morgan fingerprint density at radius 2 is 2.05 bits per heavy atom. The molecule has 0 saturated carbocycles. The fourth-order valence-electron chi connectivity index (χ4n) is 1.56. The van der Waals surface area contributed by atoms with Crippen molar-refractivity contribution in [1.82, 2.24) is 5.32 Å². The summed E-state index contributed by atoms with van der Waals surface area (Å²) in [7, 11) is 0. The van der Waals surface area contributed by atoms with Gasteiger partial charge in [0.1, 0.15) is 11.4 Å². The summed E-state index contributed by atoms with van der Waals surface area (Å²) in [5.41, 5.74) is -1.42. The van der Waals surface area contributed by atoms with Crippen LogP contribution in [0, 0.1) is 5.92 Å². The molecular formula is C13H15BrF3NO2. The maximum Gasteiger partial charge on any atom is 0.407 e. The maximum absolute atomic E-state index is 13.6. The van der Waals surface area contributed by atoms with E-state index in [1.807, 2.05) is 0 Å². The zero-order chi connectivity index (χ0) is 15.5. The SMILES string of the molecule is CC(C)(C)OC(=O)NCC1C=CC(Br)=C(F)C1=C(F)F. The van der Waals surface area contributed by atoms with Gasteiger partial charge in [-0.2, -0.15) is 8.78 Å². The summed E-state index contributed by atoms with van der Waals surface area (Å²) < 4.78 is 44.2. The van der Waals surface area contributed by atoms with Crippen LogP contribution in [0.4, 0.5) is 18.0 Å². The minimum Gasteiger partial charge on any atom is -0.444 e. The van der Waals surface area contributed by atoms with Gasteiger partial charge in [-0.05, 0) is 42.8 Å². The third kappa shape index (κ3) is 4.70. The third-order valence-electron chi connectivity index (χ3n) is 2.36. The van der Waals surface area contributed by atoms with Gasteiger partial charge in [-0.3, -0.25) is 0 Å². The predicted octanol–water partition coefficient (Wildman–Crippen LogP) is 4.42. The fourth-order valence-corrected chi connectivity index (χ4v) is 1.93. The second-order valence-corrected chi connectivity index (χ2v) is 6.04. The van der Waals surface area contributed by atoms with Gasteiger partial charge in [-0.15, -0.1) is 0 Å². The lowest BCUT2D eigenvalue weighted by atomic mass is 9.94. The summed E-state index contributed by atoms with van der Waals surface area (Å²) in [6.45, 7) is 4.86. The second kappa shape index (κ2) is 6.47. The summed E-state index contributed by atoms with van der Waals surface area (Å²) in [5, 5.41) is 2.34. The molecule has 20 heavy (non-hydrogen) atoms. The standard InChI is InChI=1S/C13H15BrF3NO2/c1-13(2,3)20-12(19)18-6-7-4-5-8(14)10(15)9(7)11(16)17/h4-5,7H,6H2,1-3H3,(H,18,19). The van der Waals surface area contributed by atoms with Crippen molar-refractivity contribution in [3.63, 3.8) is 0 Å². The van der Waals surface area contributed by atoms with Gasteiger partial charge in [0.25, 0.3) is 6.08 Å². The van der Waals surface area contributed by atoms with Gasteiger partial charge in [0.2, 0.25) is 0 Å². The lowest BCUT2D eigenvalue weighted by Crippen LogP contribution is -2.35. The summed E-state index contributed by atoms with van der Waals surface area (Å²) in [6, 6.07) is 0. The van der Waals surface area contributed by atoms with E-state index in [1.165, 1.54) is 12.2 Å². The van der Waals surface area contributed by atoms with Gasteiger partial charge in [0.05, 0.1) is 10.1 Å². The summed E-state index contributed by atoms with van der Waals surface area (Å²) >= 11 is 2.85. The Labute approximate surface area is 123 Å². The Morgan fingerprint density at radius 1 is 1.45 bits per heavy atom. The average molecular weight is 354 g/mol. The van der Waals surface area contributed by atoms with E-state index in [0.29, 0.717) is 0 Å². The van der Waals surface area contributed by atoms with Crippen LogP contribution in [-0.4, -0.2) is 18.2 Å². The molecule has 0 radical (unpaired) electrons. The van der Waals surface area contributed by atoms with Gasteiger partial charge < -0.3 is 10.1 Å². The van der Waals surface area contributed by atoms with Crippen molar-refractivity contribution in [3.05, 3.63) is 34.1 Å². The number of nitrogens with one attached hydrogen (secondary N) is 1. The number of halogens is 4. The van der Waals surface area contributed by atoms with Crippen LogP contribution >= 0.6 is 15.9 Å². The van der Waals surface area contributed by atoms with Gasteiger partial charge in [0, 0.05) is 12.5 Å². The number of allylic oxidation sites excluding steroid dienone is 3. The molecule has 0 aromatic heterocycles. The maximum atomic E-state index is 13.6. The molecule has 0 saturated heterocycles. The number of ether oxygens (including phenoxy) is 1. The molecule has 1 N–H and O–H groups in total. The molecule has 7 heteroatoms. The van der Waals surface area contributed by atoms with Crippen LogP contribution in [0.3, 0.4) is 0 Å². The Morgan fingerprint density at radius 3 is 2.55 bits per heavy atom. The first-order valence-corrected chi connectivity index (χ1v) is 6.67. The first-order valence-electron chi connectivity index (χ1n) is 5.87. The number of amides is 1. The summed E-state index contributed by atoms with van der Waals surface area (Å²) in [4.78, 5) is 11.4. The van der Waals surface area contributed by atoms with Crippen LogP contribution in [-0.2, 0) is 4.74 Å². The minimum atomic E-state index is -2.11. The van der Waals surface area contributed by atoms with Gasteiger partial charge >= 0.3 is 6.09 Å². The van der Waals surface area contributed by atoms with Crippen molar-refractivity contribution in [1.29, 1.82) is 0 Å². The van der Waals surface area contributed by atoms with E-state index < -0.39 is 35.1 Å². The highest BCUT2D eigenvalue weighted by molar-refractivity contribution is 9.11. The molecule has 1 atom stereocenters. The van der Waals surface area contributed by atoms with E-state index in [4.69, 9.17) is 4.74 Å². The monoisotopic (exact) mass is 353 g/mol. The van der Waals surface area contributed by atoms with Crippen LogP contribution < -0.4 is 5.32 Å². The Hall–Kier alpha value is -1.24. The number of carbonyl (C=O) groups is 1. The molecule has 0 heterocycles. The Kier molecular flexibility index (Phi) is 5.44. The van der Waals surface area contributed by atoms with E-state index in [0.717, 1.165) is 0 Å². The zero-order valence-electron chi connectivity index (χ0n) is 11.3. The number of carbonyl (C=O) groups excluding carboxylic acids is 1. The lowest BCUT2D eigenvalue weighted by molar-refractivity contribution is 0.0524. The first-order chi connectivity index (χ1) is 9.11. The second-order valence-electron chi connectivity index (χ2n) is 5.18. The van der Waals surface area contributed by atoms with E-state index in [2.05, 4.69) is 21.2 Å². The Balaban J connectivity index is 2.72. The molecule has 112 valence electrons. The normalized spacial score (nSPS) is 19.1. The van der Waals surface area contributed by atoms with E-state index in [9.17, 15) is 18.0 Å². The number of hydrogen-bond donors (Lipinski definition) is 1. The van der Waals surface area contributed by atoms with E-state index in [1.54, 1.807) is 20.8 Å². The minimum absolute atomic E-state index is 0.0474. The highest BCUT2D eigenvalue weighted by Crippen LogP contribution is 2.35. The predicted molar refractivity (Wildman–Crippen MR) is 73.2 cm³/mol. The van der Waals surface area contributed by atoms with Crippen LogP contribution in [0.25, 0.3) is 0 Å². The largest absolute Gasteiger partial charge is 0.444 e. The highest BCUT2D eigenvalue weighted by Gasteiger charge is 2.27. The molecule has 0 aromatic rings. The number of rotatable bonds is 2. The lowest BCUT2D eigenvalue weighted by Gasteiger charge is -2.22. The van der Waals surface area contributed by atoms with E-state index in [-0.39, 0.29) is 11.0 Å². The third-order valence-corrected chi connectivity index (χ3v) is 2.97. The van der Waals surface area contributed by atoms with Crippen LogP contribution in [0.2, 0.25) is 0 Å². The average Bonchev–Trinajstić information content (AvgIpc) is 2.27. The van der Waals surface area contributed by atoms with E-state index >= 15 is 0 Å². The van der Waals surface area contributed by atoms with Crippen LogP contribution in [0.5, 0.6) is 0 Å². The molecule has 0 fully saturated rings. The van der Waals surface area contributed by atoms with Crippen molar-refractivity contribution >= 4 is 22.0 Å². The summed E-state index contributed by atoms with van der Waals surface area (Å²) in [5.74, 6) is -1.96. The molecule has 1 aliphatic rings. The first kappa shape index (κ1) is 16.8. The van der Waals surface area contributed by atoms with Gasteiger partial charge in [0.15, 0.2) is 0 Å². The van der Waals surface area contributed by atoms with Crippen molar-refractivity contribution in [2.45, 2.75) is 26.4 Å². The Bertz CT molecular complexity index is 488. The number of hydrogen-bond acceptors (Lipinski definition) is 2. The number of alkyl carbamates (subject to hydrolysis) is 1. The van der Waals surface area contributed by atoms with Crippen molar-refractivity contribution < 1.29 is 22.7 Å². The molecule has 1 aliphatic carbocycles. The van der Waals surface area contributed by atoms with Crippen LogP contribution in [0.1, 0.15) is 20.8 Å². The molecule has 1 rings (SSSR count). The molecule has 0 aromatic carbocycles. The molecular weight excluding hydrogens is 339 g/mol. The van der Waals surface area contributed by atoms with Gasteiger partial charge in [-0.25, -0.2) is 9.18 Å². The van der Waals surface area contributed by atoms with Crippen molar-refractivity contribution in [2.75, 3.05) is 6.54 Å². The smallest absolute Gasteiger partial charge is 0.407 e. The molecule has 0 bridgehead atoms. The summed E-state index contributed by atoms with van der Waals surface area (Å²) in [6.07, 6.45) is -0.124. The van der Waals surface area contributed by atoms with Gasteiger partial charge in [-0.1, -0.05) is 6.08 Å². The fraction of sp³-hybridized carbons (Fsp3) is 0.462.